The molecule has 0 saturated carbocycles. The van der Waals surface area contributed by atoms with Gasteiger partial charge in [0, 0.05) is 31.4 Å². The van der Waals surface area contributed by atoms with Crippen molar-refractivity contribution in [1.29, 1.82) is 0 Å². The zero-order chi connectivity index (χ0) is 19.1. The van der Waals surface area contributed by atoms with E-state index < -0.39 is 23.5 Å². The molecule has 1 aliphatic heterocycles. The van der Waals surface area contributed by atoms with Crippen LogP contribution in [-0.2, 0) is 19.1 Å². The number of hydrogen-bond donors (Lipinski definition) is 1. The lowest BCUT2D eigenvalue weighted by Crippen LogP contribution is -2.42. The van der Waals surface area contributed by atoms with E-state index in [1.54, 1.807) is 12.1 Å². The van der Waals surface area contributed by atoms with Crippen LogP contribution in [0.15, 0.2) is 36.0 Å². The highest BCUT2D eigenvalue weighted by Gasteiger charge is 2.38. The minimum absolute atomic E-state index is 0.298. The maximum atomic E-state index is 14.4. The van der Waals surface area contributed by atoms with Crippen LogP contribution in [-0.4, -0.2) is 27.5 Å². The number of carbonyl (C=O) groups is 2. The minimum Gasteiger partial charge on any atom is -0.419 e. The summed E-state index contributed by atoms with van der Waals surface area (Å²) < 4.78 is 25.9. The Bertz CT molecular complexity index is 909. The monoisotopic (exact) mass is 359 g/mol. The second-order valence-corrected chi connectivity index (χ2v) is 6.39. The fourth-order valence-electron chi connectivity index (χ4n) is 2.58. The highest BCUT2D eigenvalue weighted by molar-refractivity contribution is 6.15. The first-order chi connectivity index (χ1) is 12.2. The molecule has 1 aliphatic rings. The Morgan fingerprint density at radius 2 is 1.81 bits per heavy atom. The van der Waals surface area contributed by atoms with Gasteiger partial charge in [-0.15, -0.1) is 0 Å². The van der Waals surface area contributed by atoms with Gasteiger partial charge in [0.25, 0.3) is 5.79 Å². The van der Waals surface area contributed by atoms with Crippen LogP contribution in [0.1, 0.15) is 25.2 Å². The van der Waals surface area contributed by atoms with Crippen molar-refractivity contribution in [3.8, 4) is 5.69 Å². The van der Waals surface area contributed by atoms with Crippen molar-refractivity contribution in [1.82, 2.24) is 9.78 Å². The van der Waals surface area contributed by atoms with Crippen molar-refractivity contribution >= 4 is 17.6 Å². The van der Waals surface area contributed by atoms with Gasteiger partial charge in [-0.25, -0.2) is 18.7 Å². The van der Waals surface area contributed by atoms with E-state index in [1.807, 2.05) is 19.9 Å². The molecule has 136 valence electrons. The molecule has 26 heavy (non-hydrogen) atoms. The maximum Gasteiger partial charge on any atom is 0.350 e. The smallest absolute Gasteiger partial charge is 0.350 e. The van der Waals surface area contributed by atoms with Gasteiger partial charge in [-0.1, -0.05) is 0 Å². The number of hydrogen-bond acceptors (Lipinski definition) is 6. The molecule has 1 aromatic carbocycles. The molecular formula is C18H18FN3O4. The van der Waals surface area contributed by atoms with Gasteiger partial charge in [-0.05, 0) is 38.1 Å². The van der Waals surface area contributed by atoms with Gasteiger partial charge in [-0.2, -0.15) is 5.10 Å². The molecule has 2 aromatic rings. The Balaban J connectivity index is 1.81. The lowest BCUT2D eigenvalue weighted by Gasteiger charge is -2.29. The van der Waals surface area contributed by atoms with Gasteiger partial charge >= 0.3 is 11.9 Å². The number of benzene rings is 1. The summed E-state index contributed by atoms with van der Waals surface area (Å²) in [5.74, 6) is -3.43. The number of nitrogens with one attached hydrogen (secondary N) is 1. The predicted molar refractivity (Wildman–Crippen MR) is 91.0 cm³/mol. The average molecular weight is 359 g/mol. The first kappa shape index (κ1) is 17.7. The molecule has 1 aromatic heterocycles. The van der Waals surface area contributed by atoms with E-state index >= 15 is 0 Å². The summed E-state index contributed by atoms with van der Waals surface area (Å²) in [5, 5.41) is 6.95. The fourth-order valence-corrected chi connectivity index (χ4v) is 2.58. The standard InChI is InChI=1S/C18H18FN3O4/c1-10-7-11(2)22(21-10)15-6-5-12(8-14(15)19)20-9-13-16(23)25-18(3,4)26-17(13)24/h5-9,20H,1-4H3. The molecule has 8 heteroatoms. The molecule has 7 nitrogen and oxygen atoms in total. The fraction of sp³-hybridized carbons (Fsp3) is 0.278. The van der Waals surface area contributed by atoms with E-state index in [-0.39, 0.29) is 5.57 Å². The van der Waals surface area contributed by atoms with Crippen LogP contribution in [0.2, 0.25) is 0 Å². The summed E-state index contributed by atoms with van der Waals surface area (Å²) >= 11 is 0. The summed E-state index contributed by atoms with van der Waals surface area (Å²) in [4.78, 5) is 23.7. The van der Waals surface area contributed by atoms with Crippen molar-refractivity contribution in [2.24, 2.45) is 0 Å². The minimum atomic E-state index is -1.31. The van der Waals surface area contributed by atoms with E-state index in [9.17, 15) is 14.0 Å². The number of cyclic esters (lactones) is 2. The predicted octanol–water partition coefficient (Wildman–Crippen LogP) is 2.76. The Labute approximate surface area is 149 Å². The Kier molecular flexibility index (Phi) is 4.27. The van der Waals surface area contributed by atoms with Crippen LogP contribution >= 0.6 is 0 Å². The molecule has 0 amide bonds. The SMILES string of the molecule is Cc1cc(C)n(-c2ccc(NC=C3C(=O)OC(C)(C)OC3=O)cc2F)n1. The lowest BCUT2D eigenvalue weighted by atomic mass is 10.2. The number of anilines is 1. The summed E-state index contributed by atoms with van der Waals surface area (Å²) in [7, 11) is 0. The van der Waals surface area contributed by atoms with Gasteiger partial charge in [0.05, 0.1) is 5.69 Å². The van der Waals surface area contributed by atoms with Crippen LogP contribution < -0.4 is 5.32 Å². The van der Waals surface area contributed by atoms with Crippen molar-refractivity contribution in [2.45, 2.75) is 33.5 Å². The maximum absolute atomic E-state index is 14.4. The number of aromatic nitrogens is 2. The molecule has 0 atom stereocenters. The third kappa shape index (κ3) is 3.44. The molecular weight excluding hydrogens is 341 g/mol. The van der Waals surface area contributed by atoms with Gasteiger partial charge in [0.2, 0.25) is 0 Å². The molecule has 2 heterocycles. The number of esters is 2. The van der Waals surface area contributed by atoms with E-state index in [2.05, 4.69) is 10.4 Å². The molecule has 0 spiro atoms. The van der Waals surface area contributed by atoms with E-state index in [1.165, 1.54) is 24.6 Å². The summed E-state index contributed by atoms with van der Waals surface area (Å²) in [6.07, 6.45) is 1.14. The number of ether oxygens (including phenoxy) is 2. The third-order valence-corrected chi connectivity index (χ3v) is 3.69. The Morgan fingerprint density at radius 1 is 1.15 bits per heavy atom. The topological polar surface area (TPSA) is 82.5 Å². The second-order valence-electron chi connectivity index (χ2n) is 6.39. The van der Waals surface area contributed by atoms with Gasteiger partial charge in [0.1, 0.15) is 5.69 Å². The molecule has 0 aliphatic carbocycles. The van der Waals surface area contributed by atoms with Crippen LogP contribution in [0, 0.1) is 19.7 Å². The van der Waals surface area contributed by atoms with E-state index in [0.29, 0.717) is 11.4 Å². The Hall–Kier alpha value is -3.16. The van der Waals surface area contributed by atoms with Crippen molar-refractivity contribution in [3.05, 3.63) is 53.2 Å². The van der Waals surface area contributed by atoms with Crippen molar-refractivity contribution in [2.75, 3.05) is 5.32 Å². The first-order valence-corrected chi connectivity index (χ1v) is 7.93. The van der Waals surface area contributed by atoms with Gasteiger partial charge < -0.3 is 14.8 Å². The molecule has 1 fully saturated rings. The van der Waals surface area contributed by atoms with E-state index in [0.717, 1.165) is 17.6 Å². The molecule has 1 N–H and O–H groups in total. The average Bonchev–Trinajstić information content (AvgIpc) is 2.83. The highest BCUT2D eigenvalue weighted by atomic mass is 19.1. The van der Waals surface area contributed by atoms with E-state index in [4.69, 9.17) is 9.47 Å². The van der Waals surface area contributed by atoms with Crippen LogP contribution in [0.4, 0.5) is 10.1 Å². The number of aryl methyl sites for hydroxylation is 2. The second kappa shape index (κ2) is 6.29. The number of carbonyl (C=O) groups excluding carboxylic acids is 2. The summed E-state index contributed by atoms with van der Waals surface area (Å²) in [6.45, 7) is 6.57. The van der Waals surface area contributed by atoms with Crippen LogP contribution in [0.5, 0.6) is 0 Å². The largest absolute Gasteiger partial charge is 0.419 e. The molecule has 0 radical (unpaired) electrons. The van der Waals surface area contributed by atoms with Gasteiger partial charge in [-0.3, -0.25) is 0 Å². The number of nitrogens with zero attached hydrogens (tertiary/aromatic N) is 2. The number of rotatable bonds is 3. The zero-order valence-corrected chi connectivity index (χ0v) is 14.8. The zero-order valence-electron chi connectivity index (χ0n) is 14.8. The van der Waals surface area contributed by atoms with Gasteiger partial charge in [0.15, 0.2) is 11.4 Å². The highest BCUT2D eigenvalue weighted by Crippen LogP contribution is 2.24. The van der Waals surface area contributed by atoms with Crippen LogP contribution in [0.25, 0.3) is 5.69 Å². The van der Waals surface area contributed by atoms with Crippen molar-refractivity contribution < 1.29 is 23.5 Å². The normalized spacial score (nSPS) is 16.1. The molecule has 3 rings (SSSR count). The van der Waals surface area contributed by atoms with Crippen LogP contribution in [0.3, 0.4) is 0 Å². The third-order valence-electron chi connectivity index (χ3n) is 3.69. The molecule has 0 bridgehead atoms. The lowest BCUT2D eigenvalue weighted by molar-refractivity contribution is -0.222. The molecule has 1 saturated heterocycles. The number of halogens is 1. The quantitative estimate of drug-likeness (QED) is 0.515. The first-order valence-electron chi connectivity index (χ1n) is 7.93. The molecule has 0 unspecified atom stereocenters. The van der Waals surface area contributed by atoms with Crippen molar-refractivity contribution in [3.63, 3.8) is 0 Å². The summed E-state index contributed by atoms with van der Waals surface area (Å²) in [5.41, 5.74) is 1.94. The summed E-state index contributed by atoms with van der Waals surface area (Å²) in [6, 6.07) is 6.25. The Morgan fingerprint density at radius 3 is 2.35 bits per heavy atom.